The molecule has 0 spiro atoms. The largest absolute Gasteiger partial charge is 0.496 e. The molecule has 0 radical (unpaired) electrons. The van der Waals surface area contributed by atoms with E-state index in [0.29, 0.717) is 29.3 Å². The Labute approximate surface area is 106 Å². The molecule has 5 heteroatoms. The van der Waals surface area contributed by atoms with Crippen LogP contribution in [0.2, 0.25) is 5.02 Å². The van der Waals surface area contributed by atoms with Gasteiger partial charge < -0.3 is 9.31 Å². The molecule has 0 saturated carbocycles. The van der Waals surface area contributed by atoms with Crippen LogP contribution in [0.4, 0.5) is 0 Å². The summed E-state index contributed by atoms with van der Waals surface area (Å²) < 4.78 is 11.3. The van der Waals surface area contributed by atoms with Crippen LogP contribution in [0.1, 0.15) is 19.4 Å². The molecule has 1 saturated heterocycles. The van der Waals surface area contributed by atoms with Gasteiger partial charge in [-0.15, -0.1) is 0 Å². The second-order valence-corrected chi connectivity index (χ2v) is 5.34. The maximum atomic E-state index is 9.06. The van der Waals surface area contributed by atoms with Gasteiger partial charge >= 0.3 is 7.12 Å². The third kappa shape index (κ3) is 2.63. The molecule has 1 aromatic carbocycles. The summed E-state index contributed by atoms with van der Waals surface area (Å²) in [7, 11) is -0.536. The molecule has 0 aliphatic carbocycles. The third-order valence-corrected chi connectivity index (χ3v) is 2.99. The van der Waals surface area contributed by atoms with Crippen LogP contribution in [-0.4, -0.2) is 20.3 Å². The van der Waals surface area contributed by atoms with Crippen molar-refractivity contribution in [2.45, 2.75) is 13.8 Å². The number of benzene rings is 1. The summed E-state index contributed by atoms with van der Waals surface area (Å²) in [4.78, 5) is 0. The standard InChI is InChI=1S/C12H13BClNO2/c1-12(2)7-16-13(17-8-12)11-9(6-15)4-3-5-10(11)14/h3-5H,7-8H2,1-2H3. The van der Waals surface area contributed by atoms with E-state index in [1.165, 1.54) is 0 Å². The summed E-state index contributed by atoms with van der Waals surface area (Å²) >= 11 is 6.10. The zero-order valence-electron chi connectivity index (χ0n) is 9.87. The molecule has 0 amide bonds. The first-order chi connectivity index (χ1) is 8.03. The summed E-state index contributed by atoms with van der Waals surface area (Å²) in [6, 6.07) is 7.31. The van der Waals surface area contributed by atoms with Gasteiger partial charge in [-0.3, -0.25) is 0 Å². The van der Waals surface area contributed by atoms with Gasteiger partial charge in [0, 0.05) is 29.1 Å². The zero-order valence-corrected chi connectivity index (χ0v) is 10.6. The van der Waals surface area contributed by atoms with E-state index in [4.69, 9.17) is 26.2 Å². The van der Waals surface area contributed by atoms with Crippen LogP contribution in [0, 0.1) is 16.7 Å². The molecule has 88 valence electrons. The molecule has 3 nitrogen and oxygen atoms in total. The Bertz CT molecular complexity index is 460. The SMILES string of the molecule is CC1(C)COB(c2c(Cl)cccc2C#N)OC1. The molecule has 17 heavy (non-hydrogen) atoms. The van der Waals surface area contributed by atoms with Crippen molar-refractivity contribution in [1.29, 1.82) is 5.26 Å². The van der Waals surface area contributed by atoms with E-state index in [2.05, 4.69) is 19.9 Å². The summed E-state index contributed by atoms with van der Waals surface area (Å²) in [6.07, 6.45) is 0. The molecule has 1 aromatic rings. The Morgan fingerprint density at radius 1 is 1.35 bits per heavy atom. The summed E-state index contributed by atoms with van der Waals surface area (Å²) in [6.45, 7) is 5.32. The van der Waals surface area contributed by atoms with Gasteiger partial charge in [0.25, 0.3) is 0 Å². The lowest BCUT2D eigenvalue weighted by molar-refractivity contribution is 0.0343. The van der Waals surface area contributed by atoms with Gasteiger partial charge in [-0.25, -0.2) is 0 Å². The van der Waals surface area contributed by atoms with Gasteiger partial charge in [0.15, 0.2) is 0 Å². The van der Waals surface area contributed by atoms with Crippen molar-refractivity contribution in [3.05, 3.63) is 28.8 Å². The monoisotopic (exact) mass is 249 g/mol. The van der Waals surface area contributed by atoms with Crippen LogP contribution in [0.15, 0.2) is 18.2 Å². The van der Waals surface area contributed by atoms with Gasteiger partial charge in [-0.2, -0.15) is 5.26 Å². The Kier molecular flexibility index (Phi) is 3.44. The Balaban J connectivity index is 2.27. The summed E-state index contributed by atoms with van der Waals surface area (Å²) in [5, 5.41) is 9.56. The van der Waals surface area contributed by atoms with Gasteiger partial charge in [0.2, 0.25) is 0 Å². The first-order valence-electron chi connectivity index (χ1n) is 5.45. The fourth-order valence-corrected chi connectivity index (χ4v) is 2.00. The van der Waals surface area contributed by atoms with E-state index in [-0.39, 0.29) is 5.41 Å². The predicted octanol–water partition coefficient (Wildman–Crippen LogP) is 1.98. The lowest BCUT2D eigenvalue weighted by Gasteiger charge is -2.33. The molecule has 0 aromatic heterocycles. The molecular formula is C12H13BClNO2. The van der Waals surface area contributed by atoms with Crippen molar-refractivity contribution in [2.24, 2.45) is 5.41 Å². The fraction of sp³-hybridized carbons (Fsp3) is 0.417. The maximum Gasteiger partial charge on any atom is 0.496 e. The first kappa shape index (κ1) is 12.4. The molecule has 1 heterocycles. The van der Waals surface area contributed by atoms with Crippen molar-refractivity contribution < 1.29 is 9.31 Å². The number of rotatable bonds is 1. The van der Waals surface area contributed by atoms with Crippen molar-refractivity contribution in [2.75, 3.05) is 13.2 Å². The number of halogens is 1. The lowest BCUT2D eigenvalue weighted by atomic mass is 9.73. The third-order valence-electron chi connectivity index (χ3n) is 2.66. The predicted molar refractivity (Wildman–Crippen MR) is 67.2 cm³/mol. The molecule has 0 atom stereocenters. The van der Waals surface area contributed by atoms with E-state index in [9.17, 15) is 0 Å². The van der Waals surface area contributed by atoms with Crippen LogP contribution in [0.5, 0.6) is 0 Å². The zero-order chi connectivity index (χ0) is 12.5. The molecule has 1 aliphatic heterocycles. The number of hydrogen-bond donors (Lipinski definition) is 0. The molecular weight excluding hydrogens is 236 g/mol. The number of hydrogen-bond acceptors (Lipinski definition) is 3. The Morgan fingerprint density at radius 2 is 2.00 bits per heavy atom. The minimum absolute atomic E-state index is 0.00453. The van der Waals surface area contributed by atoms with E-state index >= 15 is 0 Å². The average molecular weight is 250 g/mol. The smallest absolute Gasteiger partial charge is 0.407 e. The van der Waals surface area contributed by atoms with Crippen molar-refractivity contribution in [3.8, 4) is 6.07 Å². The van der Waals surface area contributed by atoms with Crippen molar-refractivity contribution in [1.82, 2.24) is 0 Å². The van der Waals surface area contributed by atoms with Gasteiger partial charge in [0.1, 0.15) is 0 Å². The van der Waals surface area contributed by atoms with Gasteiger partial charge in [0.05, 0.1) is 11.6 Å². The van der Waals surface area contributed by atoms with Crippen LogP contribution < -0.4 is 5.46 Å². The summed E-state index contributed by atoms with van der Waals surface area (Å²) in [5.41, 5.74) is 1.14. The van der Waals surface area contributed by atoms with Crippen molar-refractivity contribution >= 4 is 24.2 Å². The highest BCUT2D eigenvalue weighted by Crippen LogP contribution is 2.23. The Morgan fingerprint density at radius 3 is 2.59 bits per heavy atom. The molecule has 1 aliphatic rings. The van der Waals surface area contributed by atoms with Gasteiger partial charge in [-0.1, -0.05) is 31.5 Å². The molecule has 0 bridgehead atoms. The quantitative estimate of drug-likeness (QED) is 0.715. The van der Waals surface area contributed by atoms with Crippen LogP contribution in [0.25, 0.3) is 0 Å². The van der Waals surface area contributed by atoms with Gasteiger partial charge in [-0.05, 0) is 12.1 Å². The van der Waals surface area contributed by atoms with E-state index in [1.54, 1.807) is 18.2 Å². The van der Waals surface area contributed by atoms with E-state index in [1.807, 2.05) is 0 Å². The topological polar surface area (TPSA) is 42.2 Å². The van der Waals surface area contributed by atoms with Crippen LogP contribution in [-0.2, 0) is 9.31 Å². The second-order valence-electron chi connectivity index (χ2n) is 4.93. The minimum Gasteiger partial charge on any atom is -0.407 e. The first-order valence-corrected chi connectivity index (χ1v) is 5.83. The molecule has 0 unspecified atom stereocenters. The highest BCUT2D eigenvalue weighted by atomic mass is 35.5. The maximum absolute atomic E-state index is 9.06. The highest BCUT2D eigenvalue weighted by molar-refractivity contribution is 6.65. The van der Waals surface area contributed by atoms with E-state index in [0.717, 1.165) is 0 Å². The van der Waals surface area contributed by atoms with E-state index < -0.39 is 7.12 Å². The van der Waals surface area contributed by atoms with Crippen molar-refractivity contribution in [3.63, 3.8) is 0 Å². The highest BCUT2D eigenvalue weighted by Gasteiger charge is 2.36. The minimum atomic E-state index is -0.536. The molecule has 1 fully saturated rings. The molecule has 0 N–H and O–H groups in total. The normalized spacial score (nSPS) is 18.8. The second kappa shape index (κ2) is 4.69. The van der Waals surface area contributed by atoms with Crippen LogP contribution >= 0.6 is 11.6 Å². The number of nitriles is 1. The Hall–Kier alpha value is -1.02. The number of nitrogens with zero attached hydrogens (tertiary/aromatic N) is 1. The molecule has 2 rings (SSSR count). The summed E-state index contributed by atoms with van der Waals surface area (Å²) in [5.74, 6) is 0. The fourth-order valence-electron chi connectivity index (χ4n) is 1.73. The van der Waals surface area contributed by atoms with Crippen LogP contribution in [0.3, 0.4) is 0 Å². The lowest BCUT2D eigenvalue weighted by Crippen LogP contribution is -2.48. The average Bonchev–Trinajstić information content (AvgIpc) is 2.29.